The molecule has 1 N–H and O–H groups in total. The lowest BCUT2D eigenvalue weighted by Gasteiger charge is -2.07. The monoisotopic (exact) mass is 223 g/mol. The highest BCUT2D eigenvalue weighted by atomic mass is 14.9. The average molecular weight is 223 g/mol. The van der Waals surface area contributed by atoms with Crippen LogP contribution in [0.15, 0.2) is 48.8 Å². The molecule has 0 spiro atoms. The number of nitrogens with zero attached hydrogens (tertiary/aromatic N) is 2. The van der Waals surface area contributed by atoms with Gasteiger partial charge in [-0.3, -0.25) is 4.98 Å². The maximum absolute atomic E-state index is 8.92. The highest BCUT2D eigenvalue weighted by Crippen LogP contribution is 2.11. The molecule has 0 saturated heterocycles. The van der Waals surface area contributed by atoms with Crippen LogP contribution >= 0.6 is 0 Å². The molecule has 1 heterocycles. The molecule has 3 heteroatoms. The van der Waals surface area contributed by atoms with Gasteiger partial charge < -0.3 is 5.32 Å². The Morgan fingerprint density at radius 1 is 1.18 bits per heavy atom. The number of aromatic nitrogens is 1. The summed E-state index contributed by atoms with van der Waals surface area (Å²) in [7, 11) is 0. The second-order valence-electron chi connectivity index (χ2n) is 3.70. The number of nitriles is 1. The largest absolute Gasteiger partial charge is 0.382 e. The molecule has 2 aromatic rings. The molecule has 0 amide bonds. The third-order valence-electron chi connectivity index (χ3n) is 2.51. The van der Waals surface area contributed by atoms with Crippen LogP contribution in [-0.2, 0) is 6.42 Å². The predicted molar refractivity (Wildman–Crippen MR) is 67.6 cm³/mol. The van der Waals surface area contributed by atoms with Crippen molar-refractivity contribution in [3.05, 3.63) is 59.9 Å². The molecule has 2 rings (SSSR count). The highest BCUT2D eigenvalue weighted by molar-refractivity contribution is 5.55. The van der Waals surface area contributed by atoms with E-state index in [0.717, 1.165) is 18.7 Å². The van der Waals surface area contributed by atoms with E-state index < -0.39 is 0 Å². The van der Waals surface area contributed by atoms with Crippen LogP contribution in [0.5, 0.6) is 0 Å². The summed E-state index contributed by atoms with van der Waals surface area (Å²) in [6.07, 6.45) is 4.24. The van der Waals surface area contributed by atoms with E-state index in [1.807, 2.05) is 18.2 Å². The van der Waals surface area contributed by atoms with Gasteiger partial charge in [0.05, 0.1) is 17.4 Å². The zero-order chi connectivity index (χ0) is 11.9. The van der Waals surface area contributed by atoms with E-state index in [-0.39, 0.29) is 0 Å². The molecule has 84 valence electrons. The Balaban J connectivity index is 1.93. The number of hydrogen-bond donors (Lipinski definition) is 1. The van der Waals surface area contributed by atoms with Crippen molar-refractivity contribution in [2.75, 3.05) is 11.9 Å². The van der Waals surface area contributed by atoms with Crippen molar-refractivity contribution in [1.82, 2.24) is 4.98 Å². The first-order valence-electron chi connectivity index (χ1n) is 5.52. The highest BCUT2D eigenvalue weighted by Gasteiger charge is 1.99. The van der Waals surface area contributed by atoms with Gasteiger partial charge in [-0.25, -0.2) is 0 Å². The number of benzene rings is 1. The molecule has 0 fully saturated rings. The SMILES string of the molecule is N#Cc1ccncc1NCCc1ccccc1. The van der Waals surface area contributed by atoms with Crippen LogP contribution in [0.4, 0.5) is 5.69 Å². The summed E-state index contributed by atoms with van der Waals surface area (Å²) in [4.78, 5) is 4.01. The Labute approximate surface area is 101 Å². The first-order chi connectivity index (χ1) is 8.40. The lowest BCUT2D eigenvalue weighted by molar-refractivity contribution is 1.02. The number of anilines is 1. The van der Waals surface area contributed by atoms with Gasteiger partial charge in [0, 0.05) is 12.7 Å². The topological polar surface area (TPSA) is 48.7 Å². The third kappa shape index (κ3) is 3.05. The van der Waals surface area contributed by atoms with Gasteiger partial charge in [-0.2, -0.15) is 5.26 Å². The van der Waals surface area contributed by atoms with Gasteiger partial charge in [0.15, 0.2) is 0 Å². The number of nitrogens with one attached hydrogen (secondary N) is 1. The molecule has 17 heavy (non-hydrogen) atoms. The molecule has 0 aliphatic carbocycles. The van der Waals surface area contributed by atoms with Crippen molar-refractivity contribution in [3.63, 3.8) is 0 Å². The van der Waals surface area contributed by atoms with Crippen LogP contribution < -0.4 is 5.32 Å². The van der Waals surface area contributed by atoms with Crippen LogP contribution in [-0.4, -0.2) is 11.5 Å². The molecule has 0 aliphatic heterocycles. The summed E-state index contributed by atoms with van der Waals surface area (Å²) in [5.74, 6) is 0. The molecule has 3 nitrogen and oxygen atoms in total. The Kier molecular flexibility index (Phi) is 3.72. The predicted octanol–water partition coefficient (Wildman–Crippen LogP) is 2.61. The minimum absolute atomic E-state index is 0.632. The van der Waals surface area contributed by atoms with E-state index in [4.69, 9.17) is 5.26 Å². The van der Waals surface area contributed by atoms with Crippen LogP contribution in [0.1, 0.15) is 11.1 Å². The maximum atomic E-state index is 8.92. The van der Waals surface area contributed by atoms with Crippen LogP contribution in [0.3, 0.4) is 0 Å². The molecule has 1 aromatic carbocycles. The van der Waals surface area contributed by atoms with Gasteiger partial charge in [0.2, 0.25) is 0 Å². The smallest absolute Gasteiger partial charge is 0.101 e. The fraction of sp³-hybridized carbons (Fsp3) is 0.143. The summed E-state index contributed by atoms with van der Waals surface area (Å²) >= 11 is 0. The van der Waals surface area contributed by atoms with E-state index in [1.54, 1.807) is 18.5 Å². The van der Waals surface area contributed by atoms with Crippen molar-refractivity contribution >= 4 is 5.69 Å². The summed E-state index contributed by atoms with van der Waals surface area (Å²) in [6, 6.07) is 14.1. The number of rotatable bonds is 4. The Bertz CT molecular complexity index is 514. The lowest BCUT2D eigenvalue weighted by Crippen LogP contribution is -2.06. The van der Waals surface area contributed by atoms with E-state index in [2.05, 4.69) is 28.5 Å². The van der Waals surface area contributed by atoms with Crippen molar-refractivity contribution in [2.24, 2.45) is 0 Å². The standard InChI is InChI=1S/C14H13N3/c15-10-13-7-8-16-11-14(13)17-9-6-12-4-2-1-3-5-12/h1-5,7-8,11,17H,6,9H2. The molecular weight excluding hydrogens is 210 g/mol. The summed E-state index contributed by atoms with van der Waals surface area (Å²) in [5, 5.41) is 12.1. The third-order valence-corrected chi connectivity index (χ3v) is 2.51. The first-order valence-corrected chi connectivity index (χ1v) is 5.52. The molecule has 0 unspecified atom stereocenters. The van der Waals surface area contributed by atoms with Gasteiger partial charge in [0.25, 0.3) is 0 Å². The second kappa shape index (κ2) is 5.66. The van der Waals surface area contributed by atoms with Crippen molar-refractivity contribution in [2.45, 2.75) is 6.42 Å². The van der Waals surface area contributed by atoms with Crippen molar-refractivity contribution in [1.29, 1.82) is 5.26 Å². The Hall–Kier alpha value is -2.34. The maximum Gasteiger partial charge on any atom is 0.101 e. The minimum Gasteiger partial charge on any atom is -0.382 e. The fourth-order valence-corrected chi connectivity index (χ4v) is 1.62. The quantitative estimate of drug-likeness (QED) is 0.866. The summed E-state index contributed by atoms with van der Waals surface area (Å²) in [6.45, 7) is 0.796. The van der Waals surface area contributed by atoms with Crippen LogP contribution in [0.25, 0.3) is 0 Å². The number of pyridine rings is 1. The molecular formula is C14H13N3. The average Bonchev–Trinajstić information content (AvgIpc) is 2.40. The van der Waals surface area contributed by atoms with Crippen molar-refractivity contribution in [3.8, 4) is 6.07 Å². The van der Waals surface area contributed by atoms with E-state index in [1.165, 1.54) is 5.56 Å². The molecule has 1 aromatic heterocycles. The molecule has 0 atom stereocenters. The van der Waals surface area contributed by atoms with E-state index in [9.17, 15) is 0 Å². The van der Waals surface area contributed by atoms with Crippen molar-refractivity contribution < 1.29 is 0 Å². The van der Waals surface area contributed by atoms with Crippen LogP contribution in [0, 0.1) is 11.3 Å². The molecule has 0 saturated carbocycles. The first kappa shape index (κ1) is 11.2. The zero-order valence-corrected chi connectivity index (χ0v) is 9.43. The molecule has 0 aliphatic rings. The zero-order valence-electron chi connectivity index (χ0n) is 9.43. The Morgan fingerprint density at radius 3 is 2.76 bits per heavy atom. The molecule has 0 radical (unpaired) electrons. The lowest BCUT2D eigenvalue weighted by atomic mass is 10.1. The minimum atomic E-state index is 0.632. The van der Waals surface area contributed by atoms with Gasteiger partial charge in [-0.05, 0) is 18.1 Å². The fourth-order valence-electron chi connectivity index (χ4n) is 1.62. The van der Waals surface area contributed by atoms with E-state index >= 15 is 0 Å². The van der Waals surface area contributed by atoms with E-state index in [0.29, 0.717) is 5.56 Å². The Morgan fingerprint density at radius 2 is 2.00 bits per heavy atom. The summed E-state index contributed by atoms with van der Waals surface area (Å²) in [5.41, 5.74) is 2.71. The van der Waals surface area contributed by atoms with Gasteiger partial charge in [0.1, 0.15) is 6.07 Å². The van der Waals surface area contributed by atoms with Crippen LogP contribution in [0.2, 0.25) is 0 Å². The number of hydrogen-bond acceptors (Lipinski definition) is 3. The normalized spacial score (nSPS) is 9.59. The second-order valence-corrected chi connectivity index (χ2v) is 3.70. The van der Waals surface area contributed by atoms with Gasteiger partial charge in [-0.1, -0.05) is 30.3 Å². The summed E-state index contributed by atoms with van der Waals surface area (Å²) < 4.78 is 0. The van der Waals surface area contributed by atoms with Gasteiger partial charge in [-0.15, -0.1) is 0 Å². The van der Waals surface area contributed by atoms with Gasteiger partial charge >= 0.3 is 0 Å². The molecule has 0 bridgehead atoms.